The van der Waals surface area contributed by atoms with Crippen LogP contribution in [0.15, 0.2) is 18.3 Å². The van der Waals surface area contributed by atoms with Gasteiger partial charge in [0, 0.05) is 24.8 Å². The largest absolute Gasteiger partial charge is 0.333 e. The summed E-state index contributed by atoms with van der Waals surface area (Å²) in [6, 6.07) is 3.85. The fraction of sp³-hybridized carbons (Fsp3) is 0.455. The molecule has 1 amide bonds. The molecule has 74 valence electrons. The van der Waals surface area contributed by atoms with Crippen molar-refractivity contribution >= 4 is 5.91 Å². The highest BCUT2D eigenvalue weighted by Gasteiger charge is 2.28. The number of pyridine rings is 1. The number of carbonyl (C=O) groups excluding carboxylic acids is 1. The lowest BCUT2D eigenvalue weighted by atomic mass is 10.2. The Labute approximate surface area is 83.8 Å². The minimum Gasteiger partial charge on any atom is -0.333 e. The topological polar surface area (TPSA) is 33.2 Å². The number of nitrogens with zero attached hydrogens (tertiary/aromatic N) is 2. The van der Waals surface area contributed by atoms with Crippen molar-refractivity contribution in [1.82, 2.24) is 9.88 Å². The van der Waals surface area contributed by atoms with Gasteiger partial charge in [-0.3, -0.25) is 9.78 Å². The molecule has 2 rings (SSSR count). The lowest BCUT2D eigenvalue weighted by molar-refractivity contribution is 0.0755. The molecule has 0 saturated heterocycles. The number of rotatable bonds is 2. The SMILES string of the molecule is CC(C)CN1Cc2cccnc2C1=O. The highest BCUT2D eigenvalue weighted by atomic mass is 16.2. The molecule has 1 aliphatic heterocycles. The summed E-state index contributed by atoms with van der Waals surface area (Å²) in [5.41, 5.74) is 1.69. The molecule has 0 N–H and O–H groups in total. The van der Waals surface area contributed by atoms with Crippen molar-refractivity contribution in [2.45, 2.75) is 20.4 Å². The van der Waals surface area contributed by atoms with Crippen LogP contribution in [0, 0.1) is 5.92 Å². The van der Waals surface area contributed by atoms with E-state index >= 15 is 0 Å². The van der Waals surface area contributed by atoms with E-state index in [4.69, 9.17) is 0 Å². The van der Waals surface area contributed by atoms with Crippen molar-refractivity contribution in [2.24, 2.45) is 5.92 Å². The Kier molecular flexibility index (Phi) is 2.23. The van der Waals surface area contributed by atoms with Crippen molar-refractivity contribution in [1.29, 1.82) is 0 Å². The van der Waals surface area contributed by atoms with Gasteiger partial charge in [-0.2, -0.15) is 0 Å². The van der Waals surface area contributed by atoms with Gasteiger partial charge in [0.1, 0.15) is 5.69 Å². The molecular weight excluding hydrogens is 176 g/mol. The van der Waals surface area contributed by atoms with Crippen LogP contribution in [0.1, 0.15) is 29.9 Å². The van der Waals surface area contributed by atoms with Gasteiger partial charge in [0.25, 0.3) is 5.91 Å². The monoisotopic (exact) mass is 190 g/mol. The van der Waals surface area contributed by atoms with Gasteiger partial charge in [0.15, 0.2) is 0 Å². The fourth-order valence-electron chi connectivity index (χ4n) is 1.77. The second kappa shape index (κ2) is 3.40. The van der Waals surface area contributed by atoms with Gasteiger partial charge in [-0.15, -0.1) is 0 Å². The minimum atomic E-state index is 0.0781. The molecule has 0 spiro atoms. The van der Waals surface area contributed by atoms with Crippen LogP contribution in [-0.4, -0.2) is 22.3 Å². The molecule has 0 fully saturated rings. The van der Waals surface area contributed by atoms with Gasteiger partial charge < -0.3 is 4.90 Å². The molecule has 2 heterocycles. The van der Waals surface area contributed by atoms with Crippen LogP contribution in [-0.2, 0) is 6.54 Å². The van der Waals surface area contributed by atoms with Gasteiger partial charge in [0.05, 0.1) is 0 Å². The number of fused-ring (bicyclic) bond motifs is 1. The molecule has 14 heavy (non-hydrogen) atoms. The molecule has 0 atom stereocenters. The highest BCUT2D eigenvalue weighted by molar-refractivity contribution is 5.96. The molecule has 0 aromatic carbocycles. The Hall–Kier alpha value is -1.38. The Bertz CT molecular complexity index is 360. The van der Waals surface area contributed by atoms with Crippen LogP contribution in [0.2, 0.25) is 0 Å². The minimum absolute atomic E-state index is 0.0781. The average molecular weight is 190 g/mol. The Morgan fingerprint density at radius 1 is 1.57 bits per heavy atom. The molecular formula is C11H14N2O. The Morgan fingerprint density at radius 2 is 2.36 bits per heavy atom. The molecule has 0 aliphatic carbocycles. The summed E-state index contributed by atoms with van der Waals surface area (Å²) in [6.45, 7) is 5.77. The first kappa shape index (κ1) is 9.19. The van der Waals surface area contributed by atoms with Gasteiger partial charge in [-0.25, -0.2) is 0 Å². The summed E-state index contributed by atoms with van der Waals surface area (Å²) in [5.74, 6) is 0.586. The summed E-state index contributed by atoms with van der Waals surface area (Å²) < 4.78 is 0. The number of hydrogen-bond acceptors (Lipinski definition) is 2. The van der Waals surface area contributed by atoms with E-state index < -0.39 is 0 Å². The van der Waals surface area contributed by atoms with E-state index in [1.54, 1.807) is 6.20 Å². The maximum atomic E-state index is 11.8. The van der Waals surface area contributed by atoms with Crippen LogP contribution in [0.5, 0.6) is 0 Å². The zero-order valence-electron chi connectivity index (χ0n) is 8.53. The summed E-state index contributed by atoms with van der Waals surface area (Å²) in [5, 5.41) is 0. The third-order valence-electron chi connectivity index (χ3n) is 2.33. The van der Waals surface area contributed by atoms with Gasteiger partial charge in [-0.1, -0.05) is 19.9 Å². The second-order valence-electron chi connectivity index (χ2n) is 4.09. The zero-order chi connectivity index (χ0) is 10.1. The molecule has 0 saturated carbocycles. The summed E-state index contributed by atoms with van der Waals surface area (Å²) in [4.78, 5) is 17.8. The average Bonchev–Trinajstić information content (AvgIpc) is 2.44. The van der Waals surface area contributed by atoms with Crippen LogP contribution in [0.25, 0.3) is 0 Å². The van der Waals surface area contributed by atoms with E-state index in [9.17, 15) is 4.79 Å². The van der Waals surface area contributed by atoms with Crippen molar-refractivity contribution in [3.63, 3.8) is 0 Å². The third-order valence-corrected chi connectivity index (χ3v) is 2.33. The lowest BCUT2D eigenvalue weighted by Crippen LogP contribution is -2.28. The van der Waals surface area contributed by atoms with Crippen LogP contribution < -0.4 is 0 Å². The number of aromatic nitrogens is 1. The number of hydrogen-bond donors (Lipinski definition) is 0. The molecule has 3 nitrogen and oxygen atoms in total. The third kappa shape index (κ3) is 1.50. The van der Waals surface area contributed by atoms with E-state index in [0.29, 0.717) is 11.6 Å². The van der Waals surface area contributed by atoms with Gasteiger partial charge >= 0.3 is 0 Å². The lowest BCUT2D eigenvalue weighted by Gasteiger charge is -2.17. The first-order chi connectivity index (χ1) is 6.68. The van der Waals surface area contributed by atoms with E-state index in [-0.39, 0.29) is 5.91 Å². The smallest absolute Gasteiger partial charge is 0.273 e. The second-order valence-corrected chi connectivity index (χ2v) is 4.09. The first-order valence-corrected chi connectivity index (χ1v) is 4.91. The fourth-order valence-corrected chi connectivity index (χ4v) is 1.77. The molecule has 1 aromatic heterocycles. The number of carbonyl (C=O) groups is 1. The van der Waals surface area contributed by atoms with Crippen molar-refractivity contribution < 1.29 is 4.79 Å². The maximum Gasteiger partial charge on any atom is 0.273 e. The van der Waals surface area contributed by atoms with Crippen LogP contribution in [0.4, 0.5) is 0 Å². The Balaban J connectivity index is 2.21. The molecule has 1 aliphatic rings. The number of amides is 1. The predicted octanol–water partition coefficient (Wildman–Crippen LogP) is 1.69. The van der Waals surface area contributed by atoms with Gasteiger partial charge in [0.2, 0.25) is 0 Å². The van der Waals surface area contributed by atoms with Crippen molar-refractivity contribution in [3.05, 3.63) is 29.6 Å². The van der Waals surface area contributed by atoms with Gasteiger partial charge in [-0.05, 0) is 12.0 Å². The Morgan fingerprint density at radius 3 is 3.00 bits per heavy atom. The predicted molar refractivity (Wildman–Crippen MR) is 53.8 cm³/mol. The van der Waals surface area contributed by atoms with E-state index in [1.165, 1.54) is 0 Å². The normalized spacial score (nSPS) is 15.1. The van der Waals surface area contributed by atoms with Crippen molar-refractivity contribution in [2.75, 3.05) is 6.54 Å². The van der Waals surface area contributed by atoms with Crippen molar-refractivity contribution in [3.8, 4) is 0 Å². The maximum absolute atomic E-state index is 11.8. The molecule has 1 aromatic rings. The molecule has 0 radical (unpaired) electrons. The summed E-state index contributed by atoms with van der Waals surface area (Å²) in [7, 11) is 0. The molecule has 0 bridgehead atoms. The highest BCUT2D eigenvalue weighted by Crippen LogP contribution is 2.20. The van der Waals surface area contributed by atoms with E-state index in [1.807, 2.05) is 17.0 Å². The van der Waals surface area contributed by atoms with Crippen LogP contribution >= 0.6 is 0 Å². The molecule has 3 heteroatoms. The first-order valence-electron chi connectivity index (χ1n) is 4.91. The van der Waals surface area contributed by atoms with Crippen LogP contribution in [0.3, 0.4) is 0 Å². The zero-order valence-corrected chi connectivity index (χ0v) is 8.53. The quantitative estimate of drug-likeness (QED) is 0.711. The molecule has 0 unspecified atom stereocenters. The van der Waals surface area contributed by atoms with E-state index in [0.717, 1.165) is 18.7 Å². The summed E-state index contributed by atoms with van der Waals surface area (Å²) in [6.07, 6.45) is 1.68. The summed E-state index contributed by atoms with van der Waals surface area (Å²) >= 11 is 0. The van der Waals surface area contributed by atoms with E-state index in [2.05, 4.69) is 18.8 Å². The standard InChI is InChI=1S/C11H14N2O/c1-8(2)6-13-7-9-4-3-5-12-10(9)11(13)14/h3-5,8H,6-7H2,1-2H3.